The third-order valence-corrected chi connectivity index (χ3v) is 12.2. The number of fused-ring (bicyclic) bond motifs is 8. The topological polar surface area (TPSA) is 21.3 Å². The Balaban J connectivity index is 0.978. The first-order valence-electron chi connectivity index (χ1n) is 20.8. The lowest BCUT2D eigenvalue weighted by Gasteiger charge is -2.26. The summed E-state index contributed by atoms with van der Waals surface area (Å²) in [5, 5.41) is 7.19. The van der Waals surface area contributed by atoms with Crippen LogP contribution in [0.5, 0.6) is 0 Å². The zero-order valence-corrected chi connectivity index (χ0v) is 33.2. The summed E-state index contributed by atoms with van der Waals surface area (Å²) in [4.78, 5) is 2.32. The van der Waals surface area contributed by atoms with Crippen LogP contribution in [0.25, 0.3) is 93.6 Å². The van der Waals surface area contributed by atoms with E-state index in [-0.39, 0.29) is 0 Å². The van der Waals surface area contributed by atoms with E-state index in [0.29, 0.717) is 0 Å². The molecule has 2 heterocycles. The minimum atomic E-state index is 0.860. The maximum Gasteiger partial charge on any atom is 0.159 e. The van der Waals surface area contributed by atoms with Gasteiger partial charge in [0.1, 0.15) is 5.58 Å². The molecule has 12 aromatic rings. The van der Waals surface area contributed by atoms with E-state index in [1.54, 1.807) is 0 Å². The first-order valence-corrected chi connectivity index (χ1v) is 20.8. The van der Waals surface area contributed by atoms with E-state index in [2.05, 4.69) is 228 Å². The molecule has 0 spiro atoms. The third-order valence-electron chi connectivity index (χ3n) is 12.2. The summed E-state index contributed by atoms with van der Waals surface area (Å²) in [6.07, 6.45) is 0. The van der Waals surface area contributed by atoms with Gasteiger partial charge in [0, 0.05) is 44.0 Å². The van der Waals surface area contributed by atoms with Gasteiger partial charge in [0.25, 0.3) is 0 Å². The number of nitrogens with zero attached hydrogens (tertiary/aromatic N) is 2. The molecular formula is C58H38N2O. The van der Waals surface area contributed by atoms with Gasteiger partial charge in [0.2, 0.25) is 0 Å². The summed E-state index contributed by atoms with van der Waals surface area (Å²) < 4.78 is 9.08. The standard InChI is InChI=1S/C58H38N2O/c1-3-13-39(14-4-1)43-16-11-17-44(37-43)40-25-31-47(32-26-40)59(54-23-12-22-53-51-21-9-10-24-56(51)61-58(53)54)48-33-27-41(28-34-48)45-30-35-50-52-36-29-42-15-7-8-20-49(42)57(52)60(55(50)38-45)46-18-5-2-6-19-46/h1-38H. The summed E-state index contributed by atoms with van der Waals surface area (Å²) in [6.45, 7) is 0. The Morgan fingerprint density at radius 1 is 0.344 bits per heavy atom. The summed E-state index contributed by atoms with van der Waals surface area (Å²) in [6, 6.07) is 82.8. The minimum absolute atomic E-state index is 0.860. The molecule has 0 aliphatic heterocycles. The van der Waals surface area contributed by atoms with Gasteiger partial charge in [-0.05, 0) is 99.4 Å². The molecule has 0 aliphatic carbocycles. The van der Waals surface area contributed by atoms with Crippen molar-refractivity contribution in [3.05, 3.63) is 231 Å². The molecule has 0 atom stereocenters. The van der Waals surface area contributed by atoms with Crippen LogP contribution in [0.2, 0.25) is 0 Å². The van der Waals surface area contributed by atoms with Crippen molar-refractivity contribution in [2.24, 2.45) is 0 Å². The maximum atomic E-state index is 6.65. The van der Waals surface area contributed by atoms with Crippen molar-refractivity contribution < 1.29 is 4.42 Å². The number of aromatic nitrogens is 1. The Bertz CT molecular complexity index is 3560. The summed E-state index contributed by atoms with van der Waals surface area (Å²) in [7, 11) is 0. The molecule has 3 nitrogen and oxygen atoms in total. The molecular weight excluding hydrogens is 741 g/mol. The van der Waals surface area contributed by atoms with Crippen molar-refractivity contribution in [1.82, 2.24) is 4.57 Å². The van der Waals surface area contributed by atoms with Gasteiger partial charge in [-0.1, -0.05) is 170 Å². The predicted molar refractivity (Wildman–Crippen MR) is 257 cm³/mol. The SMILES string of the molecule is c1ccc(-c2cccc(-c3ccc(N(c4ccc(-c5ccc6c7ccc8ccccc8c7n(-c7ccccc7)c6c5)cc4)c4cccc5c4oc4ccccc45)cc3)c2)cc1. The van der Waals surface area contributed by atoms with Gasteiger partial charge in [-0.3, -0.25) is 0 Å². The zero-order chi connectivity index (χ0) is 40.3. The van der Waals surface area contributed by atoms with E-state index in [1.807, 2.05) is 12.1 Å². The Morgan fingerprint density at radius 2 is 0.885 bits per heavy atom. The molecule has 0 unspecified atom stereocenters. The van der Waals surface area contributed by atoms with Crippen LogP contribution in [0, 0.1) is 0 Å². The smallest absolute Gasteiger partial charge is 0.159 e. The highest BCUT2D eigenvalue weighted by molar-refractivity contribution is 6.19. The fraction of sp³-hybridized carbons (Fsp3) is 0. The highest BCUT2D eigenvalue weighted by Gasteiger charge is 2.21. The molecule has 0 amide bonds. The number of anilines is 3. The van der Waals surface area contributed by atoms with Crippen LogP contribution in [0.1, 0.15) is 0 Å². The second-order valence-corrected chi connectivity index (χ2v) is 15.7. The second kappa shape index (κ2) is 14.3. The van der Waals surface area contributed by atoms with Crippen LogP contribution in [-0.4, -0.2) is 4.57 Å². The number of furan rings is 1. The molecule has 10 aromatic carbocycles. The van der Waals surface area contributed by atoms with Crippen LogP contribution in [-0.2, 0) is 0 Å². The molecule has 0 saturated carbocycles. The zero-order valence-electron chi connectivity index (χ0n) is 33.2. The number of rotatable bonds is 7. The summed E-state index contributed by atoms with van der Waals surface area (Å²) >= 11 is 0. The lowest BCUT2D eigenvalue weighted by molar-refractivity contribution is 0.669. The van der Waals surface area contributed by atoms with E-state index in [4.69, 9.17) is 4.42 Å². The van der Waals surface area contributed by atoms with E-state index in [1.165, 1.54) is 49.3 Å². The van der Waals surface area contributed by atoms with Crippen molar-refractivity contribution in [3.8, 4) is 39.1 Å². The normalized spacial score (nSPS) is 11.6. The first-order chi connectivity index (χ1) is 30.2. The monoisotopic (exact) mass is 778 g/mol. The number of hydrogen-bond acceptors (Lipinski definition) is 2. The van der Waals surface area contributed by atoms with Crippen LogP contribution >= 0.6 is 0 Å². The van der Waals surface area contributed by atoms with Gasteiger partial charge >= 0.3 is 0 Å². The molecule has 12 rings (SSSR count). The number of hydrogen-bond donors (Lipinski definition) is 0. The Morgan fingerprint density at radius 3 is 1.62 bits per heavy atom. The molecule has 0 N–H and O–H groups in total. The number of para-hydroxylation sites is 3. The molecule has 0 saturated heterocycles. The van der Waals surface area contributed by atoms with Crippen LogP contribution in [0.15, 0.2) is 235 Å². The van der Waals surface area contributed by atoms with E-state index in [9.17, 15) is 0 Å². The highest BCUT2D eigenvalue weighted by atomic mass is 16.3. The van der Waals surface area contributed by atoms with Crippen molar-refractivity contribution in [1.29, 1.82) is 0 Å². The molecule has 0 aliphatic rings. The Hall–Kier alpha value is -8.14. The van der Waals surface area contributed by atoms with Crippen molar-refractivity contribution in [2.75, 3.05) is 4.90 Å². The van der Waals surface area contributed by atoms with Gasteiger partial charge in [-0.15, -0.1) is 0 Å². The number of benzene rings is 10. The molecule has 0 radical (unpaired) electrons. The third kappa shape index (κ3) is 5.90. The predicted octanol–water partition coefficient (Wildman–Crippen LogP) is 16.3. The minimum Gasteiger partial charge on any atom is -0.454 e. The van der Waals surface area contributed by atoms with E-state index >= 15 is 0 Å². The molecule has 286 valence electrons. The Kier molecular flexibility index (Phi) is 8.17. The van der Waals surface area contributed by atoms with Gasteiger partial charge in [-0.2, -0.15) is 0 Å². The van der Waals surface area contributed by atoms with Gasteiger partial charge in [0.05, 0.1) is 16.7 Å². The lowest BCUT2D eigenvalue weighted by atomic mass is 9.98. The van der Waals surface area contributed by atoms with Gasteiger partial charge in [0.15, 0.2) is 5.58 Å². The fourth-order valence-corrected chi connectivity index (χ4v) is 9.25. The average Bonchev–Trinajstić information content (AvgIpc) is 3.89. The molecule has 61 heavy (non-hydrogen) atoms. The highest BCUT2D eigenvalue weighted by Crippen LogP contribution is 2.44. The van der Waals surface area contributed by atoms with Crippen LogP contribution in [0.3, 0.4) is 0 Å². The van der Waals surface area contributed by atoms with Crippen LogP contribution in [0.4, 0.5) is 17.1 Å². The van der Waals surface area contributed by atoms with Crippen molar-refractivity contribution >= 4 is 71.6 Å². The van der Waals surface area contributed by atoms with Gasteiger partial charge in [-0.25, -0.2) is 0 Å². The van der Waals surface area contributed by atoms with E-state index in [0.717, 1.165) is 61.4 Å². The van der Waals surface area contributed by atoms with Crippen LogP contribution < -0.4 is 4.90 Å². The van der Waals surface area contributed by atoms with Crippen molar-refractivity contribution in [3.63, 3.8) is 0 Å². The summed E-state index contributed by atoms with van der Waals surface area (Å²) in [5.41, 5.74) is 15.5. The molecule has 3 heteroatoms. The molecule has 2 aromatic heterocycles. The van der Waals surface area contributed by atoms with E-state index < -0.39 is 0 Å². The van der Waals surface area contributed by atoms with Gasteiger partial charge < -0.3 is 13.9 Å². The first kappa shape index (κ1) is 34.9. The summed E-state index contributed by atoms with van der Waals surface area (Å²) in [5.74, 6) is 0. The fourth-order valence-electron chi connectivity index (χ4n) is 9.25. The average molecular weight is 779 g/mol. The lowest BCUT2D eigenvalue weighted by Crippen LogP contribution is -2.10. The second-order valence-electron chi connectivity index (χ2n) is 15.7. The molecule has 0 bridgehead atoms. The Labute approximate surface area is 353 Å². The maximum absolute atomic E-state index is 6.65. The largest absolute Gasteiger partial charge is 0.454 e. The molecule has 0 fully saturated rings. The van der Waals surface area contributed by atoms with Crippen molar-refractivity contribution in [2.45, 2.75) is 0 Å². The quantitative estimate of drug-likeness (QED) is 0.161.